The number of hydrogen-bond donors (Lipinski definition) is 0. The summed E-state index contributed by atoms with van der Waals surface area (Å²) < 4.78 is 19.2. The minimum absolute atomic E-state index is 0.870. The van der Waals surface area contributed by atoms with Gasteiger partial charge in [-0.3, -0.25) is 0 Å². The summed E-state index contributed by atoms with van der Waals surface area (Å²) in [6.45, 7) is 6.70. The maximum Gasteiger partial charge on any atom is 0.332 e. The van der Waals surface area contributed by atoms with Gasteiger partial charge in [0.1, 0.15) is 26.7 Å². The van der Waals surface area contributed by atoms with E-state index in [2.05, 4.69) is 0 Å². The van der Waals surface area contributed by atoms with Crippen LogP contribution in [0.5, 0.6) is 0 Å². The lowest BCUT2D eigenvalue weighted by molar-refractivity contribution is 0.593. The summed E-state index contributed by atoms with van der Waals surface area (Å²) in [5.74, 6) is 0. The van der Waals surface area contributed by atoms with Gasteiger partial charge in [-0.1, -0.05) is 9.13 Å². The van der Waals surface area contributed by atoms with Crippen LogP contribution in [0.3, 0.4) is 0 Å². The molecule has 0 bridgehead atoms. The third-order valence-corrected chi connectivity index (χ3v) is 0. The average molecular weight is 154 g/mol. The maximum atomic E-state index is 9.59. The van der Waals surface area contributed by atoms with E-state index >= 15 is 0 Å². The van der Waals surface area contributed by atoms with Crippen LogP contribution in [0.4, 0.5) is 0 Å². The minimum Gasteiger partial charge on any atom is -0.0755 e. The molecule has 0 rings (SSSR count). The summed E-state index contributed by atoms with van der Waals surface area (Å²) in [6.07, 6.45) is 0. The second kappa shape index (κ2) is 7.20. The van der Waals surface area contributed by atoms with Gasteiger partial charge in [0.15, 0.2) is 0 Å². The molecule has 0 aliphatic heterocycles. The van der Waals surface area contributed by atoms with E-state index in [0.717, 1.165) is 0 Å². The van der Waals surface area contributed by atoms with Gasteiger partial charge in [0, 0.05) is 0 Å². The molecule has 0 saturated heterocycles. The quantitative estimate of drug-likeness (QED) is 0.501. The Kier molecular flexibility index (Phi) is 9.95. The fourth-order valence-corrected chi connectivity index (χ4v) is 0. The standard InChI is InChI=1S/2C2H6OP/c2*1-4(2)3/h2*1-2H3/q2*+1. The lowest BCUT2D eigenvalue weighted by atomic mass is 11.9. The highest BCUT2D eigenvalue weighted by atomic mass is 31.1. The smallest absolute Gasteiger partial charge is 0.0755 e. The molecule has 0 aromatic heterocycles. The second-order valence-electron chi connectivity index (χ2n) is 1.62. The first-order chi connectivity index (χ1) is 3.46. The highest BCUT2D eigenvalue weighted by molar-refractivity contribution is 7.42. The van der Waals surface area contributed by atoms with E-state index in [1.54, 1.807) is 26.7 Å². The zero-order chi connectivity index (χ0) is 7.15. The van der Waals surface area contributed by atoms with Gasteiger partial charge in [-0.2, -0.15) is 0 Å². The molecule has 0 saturated carbocycles. The Hall–Kier alpha value is 0.200. The molecule has 0 aromatic rings. The van der Waals surface area contributed by atoms with Crippen LogP contribution in [0, 0.1) is 0 Å². The molecule has 0 aromatic carbocycles. The van der Waals surface area contributed by atoms with Crippen LogP contribution in [0.2, 0.25) is 0 Å². The van der Waals surface area contributed by atoms with E-state index in [0.29, 0.717) is 0 Å². The predicted octanol–water partition coefficient (Wildman–Crippen LogP) is 2.15. The fraction of sp³-hybridized carbons (Fsp3) is 1.00. The summed E-state index contributed by atoms with van der Waals surface area (Å²) in [4.78, 5) is 0. The van der Waals surface area contributed by atoms with E-state index in [-0.39, 0.29) is 0 Å². The van der Waals surface area contributed by atoms with Crippen LogP contribution in [0.1, 0.15) is 0 Å². The van der Waals surface area contributed by atoms with Crippen LogP contribution < -0.4 is 0 Å². The Morgan fingerprint density at radius 1 is 0.750 bits per heavy atom. The molecule has 0 fully saturated rings. The Morgan fingerprint density at radius 3 is 0.750 bits per heavy atom. The van der Waals surface area contributed by atoms with E-state index in [4.69, 9.17) is 0 Å². The van der Waals surface area contributed by atoms with E-state index < -0.39 is 15.6 Å². The monoisotopic (exact) mass is 154 g/mol. The van der Waals surface area contributed by atoms with Crippen molar-refractivity contribution in [3.05, 3.63) is 0 Å². The van der Waals surface area contributed by atoms with Crippen LogP contribution >= 0.6 is 15.6 Å². The third-order valence-electron chi connectivity index (χ3n) is 0. The van der Waals surface area contributed by atoms with Crippen LogP contribution in [0.25, 0.3) is 0 Å². The van der Waals surface area contributed by atoms with Crippen LogP contribution in [-0.4, -0.2) is 26.7 Å². The molecule has 8 heavy (non-hydrogen) atoms. The van der Waals surface area contributed by atoms with Crippen molar-refractivity contribution < 1.29 is 9.13 Å². The highest BCUT2D eigenvalue weighted by Gasteiger charge is 1.80. The van der Waals surface area contributed by atoms with Crippen molar-refractivity contribution in [2.45, 2.75) is 0 Å². The normalized spacial score (nSPS) is 6.50. The predicted molar refractivity (Wildman–Crippen MR) is 38.9 cm³/mol. The molecule has 0 N–H and O–H groups in total. The minimum atomic E-state index is -0.870. The molecule has 0 spiro atoms. The second-order valence-corrected chi connectivity index (χ2v) is 4.87. The highest BCUT2D eigenvalue weighted by Crippen LogP contribution is 2.01. The van der Waals surface area contributed by atoms with Gasteiger partial charge in [0.2, 0.25) is 0 Å². The molecule has 0 aliphatic carbocycles. The van der Waals surface area contributed by atoms with Crippen LogP contribution in [0.15, 0.2) is 0 Å². The zero-order valence-corrected chi connectivity index (χ0v) is 7.50. The number of hydrogen-bond acceptors (Lipinski definition) is 2. The van der Waals surface area contributed by atoms with Crippen molar-refractivity contribution in [1.29, 1.82) is 0 Å². The largest absolute Gasteiger partial charge is 0.332 e. The van der Waals surface area contributed by atoms with Crippen molar-refractivity contribution in [2.24, 2.45) is 0 Å². The van der Waals surface area contributed by atoms with E-state index in [1.165, 1.54) is 0 Å². The van der Waals surface area contributed by atoms with Crippen molar-refractivity contribution >= 4 is 15.6 Å². The fourth-order valence-electron chi connectivity index (χ4n) is 0. The van der Waals surface area contributed by atoms with Crippen molar-refractivity contribution in [3.8, 4) is 0 Å². The molecular weight excluding hydrogens is 142 g/mol. The third kappa shape index (κ3) is 4190. The van der Waals surface area contributed by atoms with Gasteiger partial charge in [-0.15, -0.1) is 0 Å². The molecule has 0 heterocycles. The average Bonchev–Trinajstić information content (AvgIpc) is 1.25. The first-order valence-electron chi connectivity index (χ1n) is 2.15. The van der Waals surface area contributed by atoms with E-state index in [1.807, 2.05) is 0 Å². The Labute approximate surface area is 52.2 Å². The van der Waals surface area contributed by atoms with Gasteiger partial charge in [0.25, 0.3) is 0 Å². The summed E-state index contributed by atoms with van der Waals surface area (Å²) in [5, 5.41) is 0. The van der Waals surface area contributed by atoms with Gasteiger partial charge in [-0.25, -0.2) is 0 Å². The molecule has 0 unspecified atom stereocenters. The molecule has 4 heteroatoms. The van der Waals surface area contributed by atoms with Crippen molar-refractivity contribution in [2.75, 3.05) is 26.7 Å². The molecule has 0 amide bonds. The number of rotatable bonds is 0. The van der Waals surface area contributed by atoms with Crippen LogP contribution in [-0.2, 0) is 9.13 Å². The summed E-state index contributed by atoms with van der Waals surface area (Å²) >= 11 is 0. The molecule has 2 nitrogen and oxygen atoms in total. The lowest BCUT2D eigenvalue weighted by Crippen LogP contribution is -1.33. The molecule has 0 atom stereocenters. The SMILES string of the molecule is C[P+](C)=O.C[P+](C)=O. The molecule has 48 valence electrons. The van der Waals surface area contributed by atoms with Gasteiger partial charge in [-0.05, 0) is 0 Å². The lowest BCUT2D eigenvalue weighted by Gasteiger charge is -1.38. The Bertz CT molecular complexity index is 70.0. The first kappa shape index (κ1) is 11.1. The Balaban J connectivity index is 0. The van der Waals surface area contributed by atoms with Gasteiger partial charge in [0.05, 0.1) is 0 Å². The summed E-state index contributed by atoms with van der Waals surface area (Å²) in [5.41, 5.74) is 0. The first-order valence-corrected chi connectivity index (χ1v) is 6.46. The molecule has 0 radical (unpaired) electrons. The summed E-state index contributed by atoms with van der Waals surface area (Å²) in [6, 6.07) is 0. The van der Waals surface area contributed by atoms with Crippen molar-refractivity contribution in [1.82, 2.24) is 0 Å². The Morgan fingerprint density at radius 2 is 0.750 bits per heavy atom. The molecular formula is C4H12O2P2+2. The van der Waals surface area contributed by atoms with Crippen molar-refractivity contribution in [3.63, 3.8) is 0 Å². The van der Waals surface area contributed by atoms with Gasteiger partial charge >= 0.3 is 15.6 Å². The van der Waals surface area contributed by atoms with Gasteiger partial charge < -0.3 is 0 Å². The molecule has 0 aliphatic rings. The zero-order valence-electron chi connectivity index (χ0n) is 5.71. The van der Waals surface area contributed by atoms with E-state index in [9.17, 15) is 9.13 Å². The maximum absolute atomic E-state index is 9.59. The topological polar surface area (TPSA) is 34.1 Å². The summed E-state index contributed by atoms with van der Waals surface area (Å²) in [7, 11) is -1.74.